The average Bonchev–Trinajstić information content (AvgIpc) is 2.59. The molecule has 1 amide bonds. The van der Waals surface area contributed by atoms with Crippen LogP contribution in [0.25, 0.3) is 0 Å². The van der Waals surface area contributed by atoms with Crippen LogP contribution in [0.1, 0.15) is 15.9 Å². The number of non-ortho nitro benzene ring substituents is 1. The topological polar surface area (TPSA) is 108 Å². The fourth-order valence-corrected chi connectivity index (χ4v) is 1.90. The van der Waals surface area contributed by atoms with Gasteiger partial charge in [0.15, 0.2) is 0 Å². The molecule has 0 unspecified atom stereocenters. The van der Waals surface area contributed by atoms with E-state index < -0.39 is 17.0 Å². The van der Waals surface area contributed by atoms with E-state index in [1.165, 1.54) is 6.07 Å². The average molecular weight is 330 g/mol. The second kappa shape index (κ2) is 7.73. The lowest BCUT2D eigenvalue weighted by atomic mass is 10.1. The van der Waals surface area contributed by atoms with E-state index in [0.717, 1.165) is 24.8 Å². The smallest absolute Gasteiger partial charge is 0.411 e. The quantitative estimate of drug-likeness (QED) is 0.512. The van der Waals surface area contributed by atoms with E-state index in [1.54, 1.807) is 24.3 Å². The lowest BCUT2D eigenvalue weighted by molar-refractivity contribution is -0.384. The Balaban J connectivity index is 2.10. The molecule has 8 heteroatoms. The van der Waals surface area contributed by atoms with Crippen LogP contribution in [0.5, 0.6) is 0 Å². The Bertz CT molecular complexity index is 760. The summed E-state index contributed by atoms with van der Waals surface area (Å²) in [5, 5.41) is 13.3. The lowest BCUT2D eigenvalue weighted by Gasteiger charge is -2.08. The molecular formula is C16H14N2O6. The number of esters is 1. The Hall–Kier alpha value is -3.42. The van der Waals surface area contributed by atoms with Gasteiger partial charge in [-0.1, -0.05) is 30.3 Å². The van der Waals surface area contributed by atoms with E-state index in [1.807, 2.05) is 6.07 Å². The molecule has 8 nitrogen and oxygen atoms in total. The van der Waals surface area contributed by atoms with Crippen LogP contribution in [0.2, 0.25) is 0 Å². The Morgan fingerprint density at radius 3 is 2.50 bits per heavy atom. The summed E-state index contributed by atoms with van der Waals surface area (Å²) in [6, 6.07) is 12.5. The summed E-state index contributed by atoms with van der Waals surface area (Å²) >= 11 is 0. The van der Waals surface area contributed by atoms with Crippen LogP contribution in [0.4, 0.5) is 16.2 Å². The fourth-order valence-electron chi connectivity index (χ4n) is 1.90. The van der Waals surface area contributed by atoms with Gasteiger partial charge in [0.05, 0.1) is 23.3 Å². The van der Waals surface area contributed by atoms with Gasteiger partial charge in [-0.3, -0.25) is 15.4 Å². The molecule has 0 saturated carbocycles. The third-order valence-corrected chi connectivity index (χ3v) is 3.01. The van der Waals surface area contributed by atoms with Gasteiger partial charge in [-0.05, 0) is 11.6 Å². The molecule has 24 heavy (non-hydrogen) atoms. The zero-order valence-electron chi connectivity index (χ0n) is 12.7. The number of hydrogen-bond acceptors (Lipinski definition) is 6. The second-order valence-corrected chi connectivity index (χ2v) is 4.70. The van der Waals surface area contributed by atoms with Gasteiger partial charge in [-0.15, -0.1) is 0 Å². The first-order valence-electron chi connectivity index (χ1n) is 6.85. The van der Waals surface area contributed by atoms with Crippen molar-refractivity contribution in [3.63, 3.8) is 0 Å². The fraction of sp³-hybridized carbons (Fsp3) is 0.125. The lowest BCUT2D eigenvalue weighted by Crippen LogP contribution is -2.14. The maximum atomic E-state index is 11.8. The Morgan fingerprint density at radius 1 is 1.17 bits per heavy atom. The SMILES string of the molecule is COC(=O)c1cc(NC(=O)OCc2ccccc2)cc([N+](=O)[O-])c1. The maximum Gasteiger partial charge on any atom is 0.411 e. The number of anilines is 1. The van der Waals surface area contributed by atoms with Crippen LogP contribution in [0.3, 0.4) is 0 Å². The number of methoxy groups -OCH3 is 1. The first-order valence-corrected chi connectivity index (χ1v) is 6.85. The number of rotatable bonds is 5. The van der Waals surface area contributed by atoms with Gasteiger partial charge in [-0.2, -0.15) is 0 Å². The number of carbonyl (C=O) groups is 2. The summed E-state index contributed by atoms with van der Waals surface area (Å²) in [6.07, 6.45) is -0.796. The molecule has 2 aromatic rings. The highest BCUT2D eigenvalue weighted by Crippen LogP contribution is 2.22. The van der Waals surface area contributed by atoms with Gasteiger partial charge >= 0.3 is 12.1 Å². The molecule has 0 bridgehead atoms. The predicted octanol–water partition coefficient (Wildman–Crippen LogP) is 3.13. The number of nitro groups is 1. The summed E-state index contributed by atoms with van der Waals surface area (Å²) in [5.74, 6) is -0.751. The molecule has 0 atom stereocenters. The van der Waals surface area contributed by atoms with E-state index in [-0.39, 0.29) is 23.5 Å². The van der Waals surface area contributed by atoms with Crippen molar-refractivity contribution in [1.29, 1.82) is 0 Å². The second-order valence-electron chi connectivity index (χ2n) is 4.70. The van der Waals surface area contributed by atoms with Crippen molar-refractivity contribution >= 4 is 23.4 Å². The van der Waals surface area contributed by atoms with Crippen LogP contribution in [-0.4, -0.2) is 24.1 Å². The summed E-state index contributed by atoms with van der Waals surface area (Å²) in [6.45, 7) is 0.0471. The first kappa shape index (κ1) is 16.9. The summed E-state index contributed by atoms with van der Waals surface area (Å²) < 4.78 is 9.55. The van der Waals surface area contributed by atoms with Crippen molar-refractivity contribution < 1.29 is 24.0 Å². The number of benzene rings is 2. The molecule has 0 radical (unpaired) electrons. The molecule has 0 heterocycles. The van der Waals surface area contributed by atoms with Crippen molar-refractivity contribution in [3.05, 3.63) is 69.8 Å². The van der Waals surface area contributed by atoms with E-state index in [0.29, 0.717) is 0 Å². The predicted molar refractivity (Wildman–Crippen MR) is 84.7 cm³/mol. The Kier molecular flexibility index (Phi) is 5.45. The minimum Gasteiger partial charge on any atom is -0.465 e. The van der Waals surface area contributed by atoms with Gasteiger partial charge < -0.3 is 9.47 Å². The summed E-state index contributed by atoms with van der Waals surface area (Å²) in [4.78, 5) is 33.6. The van der Waals surface area contributed by atoms with Crippen molar-refractivity contribution in [3.8, 4) is 0 Å². The van der Waals surface area contributed by atoms with E-state index >= 15 is 0 Å². The minimum absolute atomic E-state index is 0.0471. The highest BCUT2D eigenvalue weighted by atomic mass is 16.6. The van der Waals surface area contributed by atoms with Gasteiger partial charge in [0.1, 0.15) is 6.61 Å². The van der Waals surface area contributed by atoms with Crippen LogP contribution < -0.4 is 5.32 Å². The summed E-state index contributed by atoms with van der Waals surface area (Å²) in [5.41, 5.74) is 0.450. The van der Waals surface area contributed by atoms with Crippen molar-refractivity contribution in [2.45, 2.75) is 6.61 Å². The molecular weight excluding hydrogens is 316 g/mol. The molecule has 124 valence electrons. The number of nitrogens with zero attached hydrogens (tertiary/aromatic N) is 1. The number of hydrogen-bond donors (Lipinski definition) is 1. The molecule has 2 rings (SSSR count). The van der Waals surface area contributed by atoms with Gasteiger partial charge in [0.2, 0.25) is 0 Å². The Morgan fingerprint density at radius 2 is 1.88 bits per heavy atom. The molecule has 2 aromatic carbocycles. The van der Waals surface area contributed by atoms with Crippen molar-refractivity contribution in [1.82, 2.24) is 0 Å². The number of ether oxygens (including phenoxy) is 2. The van der Waals surface area contributed by atoms with Gasteiger partial charge in [-0.25, -0.2) is 9.59 Å². The normalized spacial score (nSPS) is 9.88. The third kappa shape index (κ3) is 4.54. The van der Waals surface area contributed by atoms with E-state index in [2.05, 4.69) is 10.1 Å². The Labute approximate surface area is 137 Å². The van der Waals surface area contributed by atoms with Gasteiger partial charge in [0.25, 0.3) is 5.69 Å². The molecule has 0 saturated heterocycles. The van der Waals surface area contributed by atoms with Gasteiger partial charge in [0, 0.05) is 12.1 Å². The number of amides is 1. The molecule has 0 aliphatic carbocycles. The molecule has 1 N–H and O–H groups in total. The van der Waals surface area contributed by atoms with E-state index in [4.69, 9.17) is 4.74 Å². The number of carbonyl (C=O) groups excluding carboxylic acids is 2. The molecule has 0 aliphatic rings. The van der Waals surface area contributed by atoms with Crippen molar-refractivity contribution in [2.75, 3.05) is 12.4 Å². The first-order chi connectivity index (χ1) is 11.5. The third-order valence-electron chi connectivity index (χ3n) is 3.01. The van der Waals surface area contributed by atoms with Crippen LogP contribution in [0, 0.1) is 10.1 Å². The molecule has 0 aliphatic heterocycles. The zero-order valence-corrected chi connectivity index (χ0v) is 12.7. The maximum absolute atomic E-state index is 11.8. The van der Waals surface area contributed by atoms with Crippen LogP contribution in [-0.2, 0) is 16.1 Å². The highest BCUT2D eigenvalue weighted by molar-refractivity contribution is 5.93. The van der Waals surface area contributed by atoms with E-state index in [9.17, 15) is 19.7 Å². The minimum atomic E-state index is -0.796. The van der Waals surface area contributed by atoms with Crippen LogP contribution in [0.15, 0.2) is 48.5 Å². The summed E-state index contributed by atoms with van der Waals surface area (Å²) in [7, 11) is 1.16. The number of nitro benzene ring substituents is 1. The molecule has 0 aromatic heterocycles. The van der Waals surface area contributed by atoms with Crippen molar-refractivity contribution in [2.24, 2.45) is 0 Å². The molecule has 0 fully saturated rings. The number of nitrogens with one attached hydrogen (secondary N) is 1. The monoisotopic (exact) mass is 330 g/mol. The zero-order chi connectivity index (χ0) is 17.5. The largest absolute Gasteiger partial charge is 0.465 e. The molecule has 0 spiro atoms. The highest BCUT2D eigenvalue weighted by Gasteiger charge is 2.16. The van der Waals surface area contributed by atoms with Crippen LogP contribution >= 0.6 is 0 Å². The standard InChI is InChI=1S/C16H14N2O6/c1-23-15(19)12-7-13(9-14(8-12)18(21)22)17-16(20)24-10-11-5-3-2-4-6-11/h2-9H,10H2,1H3,(H,17,20).